The average molecular weight is 288 g/mol. The first-order valence-corrected chi connectivity index (χ1v) is 8.46. The van der Waals surface area contributed by atoms with Crippen molar-refractivity contribution in [3.05, 3.63) is 12.4 Å². The van der Waals surface area contributed by atoms with Crippen LogP contribution in [0.5, 0.6) is 0 Å². The van der Waals surface area contributed by atoms with E-state index >= 15 is 0 Å². The van der Waals surface area contributed by atoms with Gasteiger partial charge in [-0.25, -0.2) is 9.97 Å². The molecule has 2 aliphatic rings. The first kappa shape index (κ1) is 14.6. The van der Waals surface area contributed by atoms with Gasteiger partial charge < -0.3 is 9.80 Å². The quantitative estimate of drug-likeness (QED) is 0.834. The number of nitrogens with zero attached hydrogens (tertiary/aromatic N) is 4. The molecule has 2 aliphatic heterocycles. The van der Waals surface area contributed by atoms with Gasteiger partial charge in [0.1, 0.15) is 18.0 Å². The first-order chi connectivity index (χ1) is 10.1. The predicted octanol–water partition coefficient (Wildman–Crippen LogP) is 3.48. The number of hydrogen-bond acceptors (Lipinski definition) is 4. The molecule has 21 heavy (non-hydrogen) atoms. The SMILES string of the molecule is CC1(C)CCCN(c2cc(N3CCCCC3)ncn2)CC1. The fraction of sp³-hybridized carbons (Fsp3) is 0.765. The molecule has 0 bridgehead atoms. The summed E-state index contributed by atoms with van der Waals surface area (Å²) in [7, 11) is 0. The Balaban J connectivity index is 1.73. The van der Waals surface area contributed by atoms with Gasteiger partial charge in [-0.2, -0.15) is 0 Å². The van der Waals surface area contributed by atoms with Crippen LogP contribution in [0.3, 0.4) is 0 Å². The first-order valence-electron chi connectivity index (χ1n) is 8.46. The van der Waals surface area contributed by atoms with Crippen LogP contribution in [-0.4, -0.2) is 36.1 Å². The molecule has 4 heteroatoms. The van der Waals surface area contributed by atoms with Crippen LogP contribution in [0.2, 0.25) is 0 Å². The summed E-state index contributed by atoms with van der Waals surface area (Å²) in [6.07, 6.45) is 9.50. The van der Waals surface area contributed by atoms with Crippen molar-refractivity contribution < 1.29 is 0 Å². The minimum Gasteiger partial charge on any atom is -0.356 e. The maximum atomic E-state index is 4.54. The highest BCUT2D eigenvalue weighted by Gasteiger charge is 2.24. The van der Waals surface area contributed by atoms with E-state index in [0.29, 0.717) is 5.41 Å². The molecule has 3 rings (SSSR count). The van der Waals surface area contributed by atoms with Crippen LogP contribution >= 0.6 is 0 Å². The van der Waals surface area contributed by atoms with Gasteiger partial charge in [0.15, 0.2) is 0 Å². The highest BCUT2D eigenvalue weighted by molar-refractivity contribution is 5.50. The van der Waals surface area contributed by atoms with Gasteiger partial charge in [0.2, 0.25) is 0 Å². The van der Waals surface area contributed by atoms with Gasteiger partial charge in [0.05, 0.1) is 0 Å². The van der Waals surface area contributed by atoms with E-state index in [1.54, 1.807) is 6.33 Å². The maximum absolute atomic E-state index is 4.54. The topological polar surface area (TPSA) is 32.3 Å². The van der Waals surface area contributed by atoms with E-state index in [2.05, 4.69) is 39.7 Å². The molecule has 0 saturated carbocycles. The van der Waals surface area contributed by atoms with Crippen LogP contribution in [0.25, 0.3) is 0 Å². The summed E-state index contributed by atoms with van der Waals surface area (Å²) in [6.45, 7) is 9.29. The summed E-state index contributed by atoms with van der Waals surface area (Å²) in [5, 5.41) is 0. The van der Waals surface area contributed by atoms with Gasteiger partial charge in [-0.1, -0.05) is 13.8 Å². The van der Waals surface area contributed by atoms with Crippen molar-refractivity contribution in [2.45, 2.75) is 52.4 Å². The molecule has 0 radical (unpaired) electrons. The van der Waals surface area contributed by atoms with E-state index in [1.165, 1.54) is 38.5 Å². The van der Waals surface area contributed by atoms with Crippen molar-refractivity contribution >= 4 is 11.6 Å². The lowest BCUT2D eigenvalue weighted by Gasteiger charge is -2.29. The van der Waals surface area contributed by atoms with Crippen LogP contribution in [0.4, 0.5) is 11.6 Å². The lowest BCUT2D eigenvalue weighted by molar-refractivity contribution is 0.325. The second-order valence-corrected chi connectivity index (χ2v) is 7.29. The number of rotatable bonds is 2. The average Bonchev–Trinajstić information content (AvgIpc) is 2.69. The van der Waals surface area contributed by atoms with Gasteiger partial charge >= 0.3 is 0 Å². The van der Waals surface area contributed by atoms with Gasteiger partial charge in [-0.05, 0) is 43.9 Å². The summed E-state index contributed by atoms with van der Waals surface area (Å²) < 4.78 is 0. The largest absolute Gasteiger partial charge is 0.356 e. The monoisotopic (exact) mass is 288 g/mol. The molecule has 0 aromatic carbocycles. The summed E-state index contributed by atoms with van der Waals surface area (Å²) >= 11 is 0. The third-order valence-electron chi connectivity index (χ3n) is 4.98. The van der Waals surface area contributed by atoms with Crippen LogP contribution < -0.4 is 9.80 Å². The molecule has 0 aliphatic carbocycles. The van der Waals surface area contributed by atoms with Crippen molar-refractivity contribution in [2.24, 2.45) is 5.41 Å². The Labute approximate surface area is 128 Å². The van der Waals surface area contributed by atoms with E-state index in [4.69, 9.17) is 0 Å². The fourth-order valence-electron chi connectivity index (χ4n) is 3.46. The third kappa shape index (κ3) is 3.66. The minimum absolute atomic E-state index is 0.470. The molecule has 0 amide bonds. The standard InChI is InChI=1S/C17H28N4/c1-17(2)7-6-11-21(12-8-17)16-13-15(18-14-19-16)20-9-4-3-5-10-20/h13-14H,3-12H2,1-2H3. The maximum Gasteiger partial charge on any atom is 0.134 e. The molecule has 0 spiro atoms. The minimum atomic E-state index is 0.470. The molecule has 0 unspecified atom stereocenters. The molecular weight excluding hydrogens is 260 g/mol. The molecule has 0 N–H and O–H groups in total. The zero-order chi connectivity index (χ0) is 14.7. The smallest absolute Gasteiger partial charge is 0.134 e. The number of aromatic nitrogens is 2. The highest BCUT2D eigenvalue weighted by atomic mass is 15.2. The van der Waals surface area contributed by atoms with Crippen LogP contribution in [0.1, 0.15) is 52.4 Å². The normalized spacial score (nSPS) is 23.0. The zero-order valence-corrected chi connectivity index (χ0v) is 13.5. The number of anilines is 2. The highest BCUT2D eigenvalue weighted by Crippen LogP contribution is 2.31. The predicted molar refractivity (Wildman–Crippen MR) is 87.9 cm³/mol. The van der Waals surface area contributed by atoms with E-state index in [9.17, 15) is 0 Å². The van der Waals surface area contributed by atoms with Crippen LogP contribution in [-0.2, 0) is 0 Å². The fourth-order valence-corrected chi connectivity index (χ4v) is 3.46. The van der Waals surface area contributed by atoms with Crippen LogP contribution in [0.15, 0.2) is 12.4 Å². The number of piperidine rings is 1. The van der Waals surface area contributed by atoms with Crippen molar-refractivity contribution in [2.75, 3.05) is 36.0 Å². The van der Waals surface area contributed by atoms with E-state index < -0.39 is 0 Å². The molecule has 2 fully saturated rings. The molecule has 4 nitrogen and oxygen atoms in total. The molecule has 2 saturated heterocycles. The Morgan fingerprint density at radius 1 is 0.810 bits per heavy atom. The summed E-state index contributed by atoms with van der Waals surface area (Å²) in [4.78, 5) is 13.9. The van der Waals surface area contributed by atoms with E-state index in [0.717, 1.165) is 37.8 Å². The molecule has 1 aromatic rings. The second kappa shape index (κ2) is 6.20. The second-order valence-electron chi connectivity index (χ2n) is 7.29. The molecular formula is C17H28N4. The van der Waals surface area contributed by atoms with Crippen molar-refractivity contribution in [1.29, 1.82) is 0 Å². The van der Waals surface area contributed by atoms with Gasteiger partial charge in [0.25, 0.3) is 0 Å². The summed E-state index contributed by atoms with van der Waals surface area (Å²) in [5.41, 5.74) is 0.470. The summed E-state index contributed by atoms with van der Waals surface area (Å²) in [5.74, 6) is 2.23. The van der Waals surface area contributed by atoms with Crippen LogP contribution in [0, 0.1) is 5.41 Å². The Morgan fingerprint density at radius 3 is 2.14 bits per heavy atom. The Kier molecular flexibility index (Phi) is 4.32. The summed E-state index contributed by atoms with van der Waals surface area (Å²) in [6, 6.07) is 2.20. The molecule has 3 heterocycles. The molecule has 0 atom stereocenters. The zero-order valence-electron chi connectivity index (χ0n) is 13.5. The lowest BCUT2D eigenvalue weighted by atomic mass is 9.85. The van der Waals surface area contributed by atoms with Crippen molar-refractivity contribution in [1.82, 2.24) is 9.97 Å². The van der Waals surface area contributed by atoms with E-state index in [1.807, 2.05) is 0 Å². The Hall–Kier alpha value is -1.32. The molecule has 1 aromatic heterocycles. The Morgan fingerprint density at radius 2 is 1.43 bits per heavy atom. The Bertz CT molecular complexity index is 466. The third-order valence-corrected chi connectivity index (χ3v) is 4.98. The van der Waals surface area contributed by atoms with E-state index in [-0.39, 0.29) is 0 Å². The van der Waals surface area contributed by atoms with Gasteiger partial charge in [-0.15, -0.1) is 0 Å². The number of hydrogen-bond donors (Lipinski definition) is 0. The van der Waals surface area contributed by atoms with Crippen molar-refractivity contribution in [3.63, 3.8) is 0 Å². The van der Waals surface area contributed by atoms with Gasteiger partial charge in [-0.3, -0.25) is 0 Å². The van der Waals surface area contributed by atoms with Gasteiger partial charge in [0, 0.05) is 32.2 Å². The lowest BCUT2D eigenvalue weighted by Crippen LogP contribution is -2.31. The molecule has 116 valence electrons. The van der Waals surface area contributed by atoms with Crippen molar-refractivity contribution in [3.8, 4) is 0 Å².